The number of methoxy groups -OCH3 is 1. The molecule has 5 nitrogen and oxygen atoms in total. The molecule has 5 heteroatoms. The van der Waals surface area contributed by atoms with Gasteiger partial charge in [-0.15, -0.1) is 0 Å². The van der Waals surface area contributed by atoms with Crippen LogP contribution >= 0.6 is 0 Å². The van der Waals surface area contributed by atoms with E-state index in [2.05, 4.69) is 34.2 Å². The van der Waals surface area contributed by atoms with Crippen molar-refractivity contribution in [3.05, 3.63) is 65.2 Å². The topological polar surface area (TPSA) is 61.8 Å². The van der Waals surface area contributed by atoms with Crippen LogP contribution < -0.4 is 10.1 Å². The molecule has 1 saturated heterocycles. The molecule has 158 valence electrons. The van der Waals surface area contributed by atoms with Crippen LogP contribution in [-0.2, 0) is 6.54 Å². The van der Waals surface area contributed by atoms with Gasteiger partial charge < -0.3 is 15.2 Å². The number of carbonyl (C=O) groups excluding carboxylic acids is 1. The number of hydrogen-bond donors (Lipinski definition) is 2. The third-order valence-corrected chi connectivity index (χ3v) is 5.04. The van der Waals surface area contributed by atoms with Crippen molar-refractivity contribution < 1.29 is 14.6 Å². The van der Waals surface area contributed by atoms with Gasteiger partial charge in [-0.05, 0) is 75.2 Å². The second kappa shape index (κ2) is 9.80. The molecule has 0 aliphatic carbocycles. The normalized spacial score (nSPS) is 17.0. The Morgan fingerprint density at radius 3 is 2.73 bits per heavy atom. The van der Waals surface area contributed by atoms with Gasteiger partial charge >= 0.3 is 0 Å². The van der Waals surface area contributed by atoms with Crippen LogP contribution in [0.5, 0.6) is 5.75 Å². The predicted octanol–water partition coefficient (Wildman–Crippen LogP) is 3.21. The predicted molar refractivity (Wildman–Crippen MR) is 118 cm³/mol. The highest BCUT2D eigenvalue weighted by molar-refractivity contribution is 5.94. The number of benzene rings is 2. The van der Waals surface area contributed by atoms with Crippen LogP contribution in [0.4, 0.5) is 0 Å². The van der Waals surface area contributed by atoms with E-state index in [-0.39, 0.29) is 11.9 Å². The summed E-state index contributed by atoms with van der Waals surface area (Å²) in [5.41, 5.74) is 1.57. The number of rotatable bonds is 5. The van der Waals surface area contributed by atoms with Crippen molar-refractivity contribution in [3.63, 3.8) is 0 Å². The van der Waals surface area contributed by atoms with E-state index >= 15 is 0 Å². The molecule has 2 N–H and O–H groups in total. The van der Waals surface area contributed by atoms with Crippen LogP contribution in [-0.4, -0.2) is 47.8 Å². The number of nitrogens with zero attached hydrogens (tertiary/aromatic N) is 1. The van der Waals surface area contributed by atoms with Gasteiger partial charge in [0.1, 0.15) is 11.4 Å². The Bertz CT molecular complexity index is 920. The molecular weight excluding hydrogens is 376 g/mol. The van der Waals surface area contributed by atoms with E-state index in [1.807, 2.05) is 24.3 Å². The van der Waals surface area contributed by atoms with Gasteiger partial charge in [-0.1, -0.05) is 24.0 Å². The monoisotopic (exact) mass is 406 g/mol. The first-order chi connectivity index (χ1) is 14.3. The third-order valence-electron chi connectivity index (χ3n) is 5.04. The van der Waals surface area contributed by atoms with Crippen molar-refractivity contribution in [3.8, 4) is 17.6 Å². The fourth-order valence-electron chi connectivity index (χ4n) is 3.54. The number of amides is 1. The summed E-state index contributed by atoms with van der Waals surface area (Å²) in [6, 6.07) is 15.4. The molecule has 0 bridgehead atoms. The van der Waals surface area contributed by atoms with E-state index in [0.29, 0.717) is 5.56 Å². The highest BCUT2D eigenvalue weighted by Crippen LogP contribution is 2.18. The largest absolute Gasteiger partial charge is 0.497 e. The summed E-state index contributed by atoms with van der Waals surface area (Å²) in [5.74, 6) is 6.50. The first kappa shape index (κ1) is 21.9. The fraction of sp³-hybridized carbons (Fsp3) is 0.400. The maximum atomic E-state index is 12.7. The van der Waals surface area contributed by atoms with Crippen LogP contribution in [0.15, 0.2) is 48.5 Å². The summed E-state index contributed by atoms with van der Waals surface area (Å²) in [6.07, 6.45) is 2.04. The second-order valence-electron chi connectivity index (χ2n) is 8.29. The lowest BCUT2D eigenvalue weighted by Gasteiger charge is -2.33. The molecule has 0 aromatic heterocycles. The fourth-order valence-corrected chi connectivity index (χ4v) is 3.54. The third kappa shape index (κ3) is 6.62. The Morgan fingerprint density at radius 2 is 2.03 bits per heavy atom. The molecule has 2 aromatic carbocycles. The van der Waals surface area contributed by atoms with Crippen LogP contribution in [0.1, 0.15) is 48.2 Å². The SMILES string of the molecule is COc1cccc(CN2CCC[C@H](NC(=O)c3ccc(C#CC(C)(C)O)cc3)C2)c1. The number of hydrogen-bond acceptors (Lipinski definition) is 4. The summed E-state index contributed by atoms with van der Waals surface area (Å²) in [6.45, 7) is 5.99. The smallest absolute Gasteiger partial charge is 0.251 e. The molecule has 2 aromatic rings. The average molecular weight is 407 g/mol. The number of carbonyl (C=O) groups is 1. The summed E-state index contributed by atoms with van der Waals surface area (Å²) in [7, 11) is 1.68. The molecule has 0 spiro atoms. The molecule has 1 amide bonds. The Balaban J connectivity index is 1.56. The minimum atomic E-state index is -1.03. The van der Waals surface area contributed by atoms with Gasteiger partial charge in [0, 0.05) is 30.3 Å². The maximum absolute atomic E-state index is 12.7. The van der Waals surface area contributed by atoms with Crippen LogP contribution in [0, 0.1) is 11.8 Å². The van der Waals surface area contributed by atoms with Crippen molar-refractivity contribution in [1.29, 1.82) is 0 Å². The molecule has 1 aliphatic rings. The number of piperidine rings is 1. The first-order valence-corrected chi connectivity index (χ1v) is 10.3. The molecule has 3 rings (SSSR count). The minimum Gasteiger partial charge on any atom is -0.497 e. The summed E-state index contributed by atoms with van der Waals surface area (Å²) < 4.78 is 5.31. The lowest BCUT2D eigenvalue weighted by Crippen LogP contribution is -2.47. The van der Waals surface area contributed by atoms with Gasteiger partial charge in [0.2, 0.25) is 0 Å². The van der Waals surface area contributed by atoms with E-state index in [4.69, 9.17) is 4.74 Å². The zero-order chi connectivity index (χ0) is 21.6. The van der Waals surface area contributed by atoms with E-state index < -0.39 is 5.60 Å². The second-order valence-corrected chi connectivity index (χ2v) is 8.29. The molecular formula is C25H30N2O3. The number of ether oxygens (including phenoxy) is 1. The zero-order valence-electron chi connectivity index (χ0n) is 17.9. The summed E-state index contributed by atoms with van der Waals surface area (Å²) in [5, 5.41) is 12.9. The van der Waals surface area contributed by atoms with E-state index in [9.17, 15) is 9.90 Å². The van der Waals surface area contributed by atoms with Crippen LogP contribution in [0.25, 0.3) is 0 Å². The number of nitrogens with one attached hydrogen (secondary N) is 1. The van der Waals surface area contributed by atoms with Crippen LogP contribution in [0.3, 0.4) is 0 Å². The Labute approximate surface area is 179 Å². The Hall–Kier alpha value is -2.81. The van der Waals surface area contributed by atoms with Gasteiger partial charge in [0.05, 0.1) is 7.11 Å². The molecule has 0 radical (unpaired) electrons. The van der Waals surface area contributed by atoms with E-state index in [1.165, 1.54) is 5.56 Å². The van der Waals surface area contributed by atoms with Crippen molar-refractivity contribution in [1.82, 2.24) is 10.2 Å². The average Bonchev–Trinajstić information content (AvgIpc) is 2.72. The molecule has 0 saturated carbocycles. The summed E-state index contributed by atoms with van der Waals surface area (Å²) >= 11 is 0. The highest BCUT2D eigenvalue weighted by atomic mass is 16.5. The summed E-state index contributed by atoms with van der Waals surface area (Å²) in [4.78, 5) is 15.0. The molecule has 1 aliphatic heterocycles. The molecule has 30 heavy (non-hydrogen) atoms. The van der Waals surface area contributed by atoms with Crippen molar-refractivity contribution in [2.75, 3.05) is 20.2 Å². The lowest BCUT2D eigenvalue weighted by atomic mass is 10.0. The quantitative estimate of drug-likeness (QED) is 0.749. The van der Waals surface area contributed by atoms with Gasteiger partial charge in [-0.3, -0.25) is 9.69 Å². The molecule has 1 atom stereocenters. The van der Waals surface area contributed by atoms with Gasteiger partial charge in [-0.25, -0.2) is 0 Å². The molecule has 1 fully saturated rings. The number of aliphatic hydroxyl groups is 1. The van der Waals surface area contributed by atoms with Gasteiger partial charge in [0.25, 0.3) is 5.91 Å². The first-order valence-electron chi connectivity index (χ1n) is 10.3. The molecule has 0 unspecified atom stereocenters. The highest BCUT2D eigenvalue weighted by Gasteiger charge is 2.22. The van der Waals surface area contributed by atoms with Crippen molar-refractivity contribution >= 4 is 5.91 Å². The van der Waals surface area contributed by atoms with Gasteiger partial charge in [-0.2, -0.15) is 0 Å². The van der Waals surface area contributed by atoms with Crippen molar-refractivity contribution in [2.45, 2.75) is 44.9 Å². The Kier molecular flexibility index (Phi) is 7.15. The van der Waals surface area contributed by atoms with Crippen LogP contribution in [0.2, 0.25) is 0 Å². The van der Waals surface area contributed by atoms with E-state index in [0.717, 1.165) is 43.8 Å². The van der Waals surface area contributed by atoms with Crippen molar-refractivity contribution in [2.24, 2.45) is 0 Å². The minimum absolute atomic E-state index is 0.0646. The van der Waals surface area contributed by atoms with E-state index in [1.54, 1.807) is 33.1 Å². The van der Waals surface area contributed by atoms with Gasteiger partial charge in [0.15, 0.2) is 0 Å². The lowest BCUT2D eigenvalue weighted by molar-refractivity contribution is 0.0900. The number of likely N-dealkylation sites (tertiary alicyclic amines) is 1. The maximum Gasteiger partial charge on any atom is 0.251 e. The molecule has 1 heterocycles. The zero-order valence-corrected chi connectivity index (χ0v) is 17.9. The standard InChI is InChI=1S/C25H30N2O3/c1-25(2,29)14-13-19-9-11-21(12-10-19)24(28)26-22-7-5-15-27(18-22)17-20-6-4-8-23(16-20)30-3/h4,6,8-12,16,22,29H,5,7,15,17-18H2,1-3H3,(H,26,28)/t22-/m0/s1. The Morgan fingerprint density at radius 1 is 1.27 bits per heavy atom.